The van der Waals surface area contributed by atoms with Crippen molar-refractivity contribution < 1.29 is 14.9 Å². The third kappa shape index (κ3) is 2.33. The topological polar surface area (TPSA) is 104 Å². The summed E-state index contributed by atoms with van der Waals surface area (Å²) < 4.78 is 5.48. The molecule has 1 heterocycles. The van der Waals surface area contributed by atoms with Gasteiger partial charge in [-0.2, -0.15) is 0 Å². The number of hydrogen-bond acceptors (Lipinski definition) is 3. The van der Waals surface area contributed by atoms with Crippen LogP contribution in [0.3, 0.4) is 0 Å². The third-order valence-corrected chi connectivity index (χ3v) is 3.63. The van der Waals surface area contributed by atoms with Crippen molar-refractivity contribution >= 4 is 17.3 Å². The monoisotopic (exact) mass is 282 g/mol. The van der Waals surface area contributed by atoms with Crippen molar-refractivity contribution in [2.45, 2.75) is 6.42 Å². The zero-order valence-electron chi connectivity index (χ0n) is 11.4. The van der Waals surface area contributed by atoms with Gasteiger partial charge in [0.05, 0.1) is 12.2 Å². The molecule has 106 valence electrons. The molecular formula is C16H16N3O2+. The smallest absolute Gasteiger partial charge is 0.248 e. The molecule has 2 aromatic carbocycles. The Morgan fingerprint density at radius 2 is 1.90 bits per heavy atom. The molecule has 6 N–H and O–H groups in total. The van der Waals surface area contributed by atoms with Crippen molar-refractivity contribution in [1.29, 1.82) is 0 Å². The molecule has 5 nitrogen and oxygen atoms in total. The summed E-state index contributed by atoms with van der Waals surface area (Å²) in [6.07, 6.45) is 0.868. The fourth-order valence-electron chi connectivity index (χ4n) is 2.45. The minimum absolute atomic E-state index is 0.381. The minimum Gasteiger partial charge on any atom is -0.493 e. The number of carbonyl (C=O) groups is 1. The van der Waals surface area contributed by atoms with Gasteiger partial charge in [-0.05, 0) is 42.0 Å². The lowest BCUT2D eigenvalue weighted by Gasteiger charge is -2.07. The van der Waals surface area contributed by atoms with E-state index in [-0.39, 0.29) is 0 Å². The number of primary amides is 1. The number of carbonyl (C=O) groups excluding carboxylic acids is 1. The molecule has 0 saturated carbocycles. The van der Waals surface area contributed by atoms with Crippen molar-refractivity contribution in [2.75, 3.05) is 12.3 Å². The van der Waals surface area contributed by atoms with Crippen molar-refractivity contribution in [2.24, 2.45) is 5.73 Å². The lowest BCUT2D eigenvalue weighted by Crippen LogP contribution is -2.41. The van der Waals surface area contributed by atoms with Gasteiger partial charge < -0.3 is 16.2 Å². The van der Waals surface area contributed by atoms with Crippen LogP contribution in [0.25, 0.3) is 0 Å². The molecule has 2 aromatic rings. The van der Waals surface area contributed by atoms with E-state index in [1.54, 1.807) is 18.2 Å². The summed E-state index contributed by atoms with van der Waals surface area (Å²) in [4.78, 5) is 11.3. The lowest BCUT2D eigenvalue weighted by atomic mass is 9.97. The number of hydrogen-bond donors (Lipinski definition) is 3. The SMILES string of the molecule is NC(=O)c1ccc(N)c(C(=[NH2+])c2ccc3c(c2)CCO3)c1. The zero-order valence-corrected chi connectivity index (χ0v) is 11.4. The van der Waals surface area contributed by atoms with Crippen LogP contribution in [0.5, 0.6) is 5.75 Å². The Morgan fingerprint density at radius 1 is 1.14 bits per heavy atom. The molecule has 0 fully saturated rings. The molecule has 0 spiro atoms. The standard InChI is InChI=1S/C16H15N3O2/c17-13-3-1-11(16(19)20)8-12(13)15(18)10-2-4-14-9(7-10)5-6-21-14/h1-4,7-8,18H,5-6,17H2,(H2,19,20)/p+1. The van der Waals surface area contributed by atoms with Crippen LogP contribution in [0.4, 0.5) is 5.69 Å². The van der Waals surface area contributed by atoms with E-state index in [1.165, 1.54) is 0 Å². The molecule has 1 aliphatic rings. The van der Waals surface area contributed by atoms with Crippen LogP contribution >= 0.6 is 0 Å². The van der Waals surface area contributed by atoms with Crippen LogP contribution in [0.15, 0.2) is 36.4 Å². The highest BCUT2D eigenvalue weighted by atomic mass is 16.5. The fraction of sp³-hybridized carbons (Fsp3) is 0.125. The van der Waals surface area contributed by atoms with Crippen LogP contribution in [0, 0.1) is 0 Å². The Morgan fingerprint density at radius 3 is 2.67 bits per heavy atom. The van der Waals surface area contributed by atoms with Gasteiger partial charge in [-0.15, -0.1) is 0 Å². The van der Waals surface area contributed by atoms with Crippen molar-refractivity contribution in [1.82, 2.24) is 0 Å². The Balaban J connectivity index is 2.02. The second-order valence-corrected chi connectivity index (χ2v) is 5.00. The van der Waals surface area contributed by atoms with Gasteiger partial charge in [0, 0.05) is 23.2 Å². The van der Waals surface area contributed by atoms with E-state index in [1.807, 2.05) is 18.2 Å². The van der Waals surface area contributed by atoms with E-state index >= 15 is 0 Å². The van der Waals surface area contributed by atoms with Crippen molar-refractivity contribution in [3.05, 3.63) is 58.7 Å². The van der Waals surface area contributed by atoms with E-state index in [2.05, 4.69) is 0 Å². The summed E-state index contributed by atoms with van der Waals surface area (Å²) in [5, 5.41) is 6.22. The molecule has 1 amide bonds. The zero-order chi connectivity index (χ0) is 15.0. The van der Waals surface area contributed by atoms with Crippen LogP contribution in [0.1, 0.15) is 27.0 Å². The molecule has 0 aliphatic carbocycles. The lowest BCUT2D eigenvalue weighted by molar-refractivity contribution is -0.111. The summed E-state index contributed by atoms with van der Waals surface area (Å²) >= 11 is 0. The second kappa shape index (κ2) is 4.94. The van der Waals surface area contributed by atoms with Crippen LogP contribution in [-0.4, -0.2) is 18.2 Å². The van der Waals surface area contributed by atoms with Gasteiger partial charge in [-0.1, -0.05) is 0 Å². The van der Waals surface area contributed by atoms with Crippen molar-refractivity contribution in [3.63, 3.8) is 0 Å². The molecule has 0 atom stereocenters. The Bertz CT molecular complexity index is 753. The highest BCUT2D eigenvalue weighted by Crippen LogP contribution is 2.27. The van der Waals surface area contributed by atoms with Crippen LogP contribution < -0.4 is 21.6 Å². The minimum atomic E-state index is -0.508. The number of nitrogens with two attached hydrogens (primary N) is 3. The summed E-state index contributed by atoms with van der Waals surface area (Å²) in [6, 6.07) is 10.6. The predicted molar refractivity (Wildman–Crippen MR) is 80.1 cm³/mol. The molecule has 0 aromatic heterocycles. The van der Waals surface area contributed by atoms with Gasteiger partial charge in [0.1, 0.15) is 5.75 Å². The normalized spacial score (nSPS) is 12.6. The summed E-state index contributed by atoms with van der Waals surface area (Å²) in [5.41, 5.74) is 15.3. The average molecular weight is 282 g/mol. The molecule has 0 bridgehead atoms. The maximum absolute atomic E-state index is 11.3. The quantitative estimate of drug-likeness (QED) is 0.541. The first-order chi connectivity index (χ1) is 10.1. The number of fused-ring (bicyclic) bond motifs is 1. The first kappa shape index (κ1) is 13.2. The largest absolute Gasteiger partial charge is 0.493 e. The molecular weight excluding hydrogens is 266 g/mol. The Kier molecular flexibility index (Phi) is 3.10. The van der Waals surface area contributed by atoms with E-state index in [4.69, 9.17) is 21.6 Å². The van der Waals surface area contributed by atoms with Gasteiger partial charge in [0.25, 0.3) is 0 Å². The maximum Gasteiger partial charge on any atom is 0.248 e. The van der Waals surface area contributed by atoms with E-state index in [0.717, 1.165) is 23.3 Å². The van der Waals surface area contributed by atoms with E-state index in [9.17, 15) is 4.79 Å². The Hall–Kier alpha value is -2.82. The molecule has 1 aliphatic heterocycles. The molecule has 0 radical (unpaired) electrons. The average Bonchev–Trinajstić information content (AvgIpc) is 2.94. The molecule has 0 saturated heterocycles. The number of anilines is 1. The van der Waals surface area contributed by atoms with Gasteiger partial charge >= 0.3 is 0 Å². The first-order valence-corrected chi connectivity index (χ1v) is 6.64. The number of ether oxygens (including phenoxy) is 1. The third-order valence-electron chi connectivity index (χ3n) is 3.63. The second-order valence-electron chi connectivity index (χ2n) is 5.00. The number of benzene rings is 2. The molecule has 21 heavy (non-hydrogen) atoms. The highest BCUT2D eigenvalue weighted by molar-refractivity contribution is 6.13. The molecule has 3 rings (SSSR count). The first-order valence-electron chi connectivity index (χ1n) is 6.64. The van der Waals surface area contributed by atoms with Crippen LogP contribution in [-0.2, 0) is 6.42 Å². The van der Waals surface area contributed by atoms with E-state index < -0.39 is 5.91 Å². The van der Waals surface area contributed by atoms with Crippen molar-refractivity contribution in [3.8, 4) is 5.75 Å². The predicted octanol–water partition coefficient (Wildman–Crippen LogP) is -0.101. The van der Waals surface area contributed by atoms with Gasteiger partial charge in [0.15, 0.2) is 0 Å². The van der Waals surface area contributed by atoms with Gasteiger partial charge in [0.2, 0.25) is 11.6 Å². The van der Waals surface area contributed by atoms with Gasteiger partial charge in [-0.3, -0.25) is 10.2 Å². The van der Waals surface area contributed by atoms with Gasteiger partial charge in [-0.25, -0.2) is 0 Å². The highest BCUT2D eigenvalue weighted by Gasteiger charge is 2.19. The fourth-order valence-corrected chi connectivity index (χ4v) is 2.45. The number of nitrogen functional groups attached to an aromatic ring is 1. The summed E-state index contributed by atoms with van der Waals surface area (Å²) in [6.45, 7) is 0.692. The molecule has 0 unspecified atom stereocenters. The maximum atomic E-state index is 11.3. The molecule has 5 heteroatoms. The summed E-state index contributed by atoms with van der Waals surface area (Å²) in [5.74, 6) is 0.386. The van der Waals surface area contributed by atoms with Crippen LogP contribution in [0.2, 0.25) is 0 Å². The van der Waals surface area contributed by atoms with E-state index in [0.29, 0.717) is 29.1 Å². The number of rotatable bonds is 3. The number of amides is 1. The summed E-state index contributed by atoms with van der Waals surface area (Å²) in [7, 11) is 0. The Labute approximate surface area is 122 Å².